The van der Waals surface area contributed by atoms with E-state index in [1.54, 1.807) is 6.92 Å². The monoisotopic (exact) mass is 285 g/mol. The molecule has 6 nitrogen and oxygen atoms in total. The van der Waals surface area contributed by atoms with Gasteiger partial charge < -0.3 is 20.6 Å². The van der Waals surface area contributed by atoms with Crippen LogP contribution in [0.5, 0.6) is 0 Å². The predicted molar refractivity (Wildman–Crippen MR) is 77.7 cm³/mol. The lowest BCUT2D eigenvalue weighted by molar-refractivity contribution is -0.141. The molecule has 0 aromatic rings. The van der Waals surface area contributed by atoms with Gasteiger partial charge in [-0.3, -0.25) is 4.79 Å². The minimum Gasteiger partial charge on any atom is -0.481 e. The number of carbonyl (C=O) groups excluding carboxylic acids is 1. The van der Waals surface area contributed by atoms with Crippen molar-refractivity contribution in [3.63, 3.8) is 0 Å². The van der Waals surface area contributed by atoms with Crippen molar-refractivity contribution in [3.05, 3.63) is 0 Å². The highest BCUT2D eigenvalue weighted by molar-refractivity contribution is 5.74. The molecule has 0 aromatic heterocycles. The predicted octanol–water partition coefficient (Wildman–Crippen LogP) is 1.27. The first-order chi connectivity index (χ1) is 9.40. The zero-order valence-electron chi connectivity index (χ0n) is 12.7. The summed E-state index contributed by atoms with van der Waals surface area (Å²) in [7, 11) is 2.10. The lowest BCUT2D eigenvalue weighted by Crippen LogP contribution is -2.50. The quantitative estimate of drug-likeness (QED) is 0.642. The third-order valence-electron chi connectivity index (χ3n) is 4.06. The first kappa shape index (κ1) is 16.8. The van der Waals surface area contributed by atoms with Gasteiger partial charge in [0.2, 0.25) is 0 Å². The minimum atomic E-state index is -0.783. The Morgan fingerprint density at radius 1 is 1.45 bits per heavy atom. The molecule has 116 valence electrons. The van der Waals surface area contributed by atoms with E-state index in [-0.39, 0.29) is 18.0 Å². The molecular formula is C14H27N3O3. The summed E-state index contributed by atoms with van der Waals surface area (Å²) in [4.78, 5) is 24.7. The highest BCUT2D eigenvalue weighted by Crippen LogP contribution is 2.15. The zero-order chi connectivity index (χ0) is 15.1. The molecule has 1 aliphatic rings. The van der Waals surface area contributed by atoms with Crippen molar-refractivity contribution in [1.82, 2.24) is 15.5 Å². The number of likely N-dealkylation sites (tertiary alicyclic amines) is 1. The Morgan fingerprint density at radius 2 is 2.15 bits per heavy atom. The molecule has 1 aliphatic heterocycles. The number of carbonyl (C=O) groups is 2. The highest BCUT2D eigenvalue weighted by Gasteiger charge is 2.23. The van der Waals surface area contributed by atoms with Crippen LogP contribution < -0.4 is 10.6 Å². The summed E-state index contributed by atoms with van der Waals surface area (Å²) < 4.78 is 0. The van der Waals surface area contributed by atoms with Gasteiger partial charge in [0.05, 0.1) is 5.92 Å². The summed E-state index contributed by atoms with van der Waals surface area (Å²) in [5.74, 6) is -1.13. The molecule has 3 N–H and O–H groups in total. The first-order valence-corrected chi connectivity index (χ1v) is 7.37. The molecule has 3 unspecified atom stereocenters. The summed E-state index contributed by atoms with van der Waals surface area (Å²) in [6.45, 7) is 5.37. The number of hydrogen-bond donors (Lipinski definition) is 3. The minimum absolute atomic E-state index is 0.144. The van der Waals surface area contributed by atoms with Gasteiger partial charge in [-0.25, -0.2) is 4.79 Å². The zero-order valence-corrected chi connectivity index (χ0v) is 12.7. The largest absolute Gasteiger partial charge is 0.481 e. The molecule has 0 radical (unpaired) electrons. The van der Waals surface area contributed by atoms with Crippen LogP contribution in [0, 0.1) is 5.92 Å². The van der Waals surface area contributed by atoms with Crippen molar-refractivity contribution < 1.29 is 14.7 Å². The Kier molecular flexibility index (Phi) is 6.78. The van der Waals surface area contributed by atoms with Crippen LogP contribution in [0.3, 0.4) is 0 Å². The average molecular weight is 285 g/mol. The fourth-order valence-electron chi connectivity index (χ4n) is 2.39. The van der Waals surface area contributed by atoms with Crippen molar-refractivity contribution in [2.24, 2.45) is 5.92 Å². The van der Waals surface area contributed by atoms with E-state index in [1.165, 1.54) is 0 Å². The molecule has 0 aromatic carbocycles. The van der Waals surface area contributed by atoms with E-state index in [2.05, 4.69) is 29.5 Å². The fourth-order valence-corrected chi connectivity index (χ4v) is 2.39. The number of piperidine rings is 1. The van der Waals surface area contributed by atoms with Gasteiger partial charge in [0.1, 0.15) is 0 Å². The second-order valence-electron chi connectivity index (χ2n) is 5.83. The molecular weight excluding hydrogens is 258 g/mol. The van der Waals surface area contributed by atoms with Crippen LogP contribution in [0.25, 0.3) is 0 Å². The number of hydrogen-bond acceptors (Lipinski definition) is 3. The average Bonchev–Trinajstić information content (AvgIpc) is 2.38. The molecule has 20 heavy (non-hydrogen) atoms. The van der Waals surface area contributed by atoms with Crippen molar-refractivity contribution in [2.45, 2.75) is 51.6 Å². The Labute approximate surface area is 120 Å². The fraction of sp³-hybridized carbons (Fsp3) is 0.857. The van der Waals surface area contributed by atoms with Crippen molar-refractivity contribution in [1.29, 1.82) is 0 Å². The molecule has 0 spiro atoms. The van der Waals surface area contributed by atoms with Gasteiger partial charge in [-0.05, 0) is 39.7 Å². The van der Waals surface area contributed by atoms with E-state index in [4.69, 9.17) is 5.11 Å². The van der Waals surface area contributed by atoms with Crippen molar-refractivity contribution in [2.75, 3.05) is 20.1 Å². The third-order valence-corrected chi connectivity index (χ3v) is 4.06. The topological polar surface area (TPSA) is 81.7 Å². The molecule has 2 amide bonds. The molecule has 1 fully saturated rings. The maximum absolute atomic E-state index is 11.7. The molecule has 1 rings (SSSR count). The Morgan fingerprint density at radius 3 is 2.75 bits per heavy atom. The van der Waals surface area contributed by atoms with Crippen molar-refractivity contribution >= 4 is 12.0 Å². The SMILES string of the molecule is CC(CCCNC(=O)NC1CCN(C)C(C)C1)C(=O)O. The molecule has 0 saturated carbocycles. The Bertz CT molecular complexity index is 336. The maximum Gasteiger partial charge on any atom is 0.315 e. The van der Waals surface area contributed by atoms with E-state index in [0.717, 1.165) is 19.4 Å². The molecule has 1 saturated heterocycles. The summed E-state index contributed by atoms with van der Waals surface area (Å²) in [6.07, 6.45) is 3.22. The van der Waals surface area contributed by atoms with E-state index >= 15 is 0 Å². The lowest BCUT2D eigenvalue weighted by Gasteiger charge is -2.35. The van der Waals surface area contributed by atoms with Gasteiger partial charge in [-0.2, -0.15) is 0 Å². The molecule has 6 heteroatoms. The smallest absolute Gasteiger partial charge is 0.315 e. The van der Waals surface area contributed by atoms with Crippen LogP contribution in [0.1, 0.15) is 39.5 Å². The Balaban J connectivity index is 2.13. The van der Waals surface area contributed by atoms with Crippen LogP contribution >= 0.6 is 0 Å². The summed E-state index contributed by atoms with van der Waals surface area (Å²) in [5.41, 5.74) is 0. The standard InChI is InChI=1S/C14H27N3O3/c1-10(13(18)19)5-4-7-15-14(20)16-12-6-8-17(3)11(2)9-12/h10-12H,4-9H2,1-3H3,(H,18,19)(H2,15,16,20). The second kappa shape index (κ2) is 8.09. The first-order valence-electron chi connectivity index (χ1n) is 7.37. The second-order valence-corrected chi connectivity index (χ2v) is 5.83. The van der Waals surface area contributed by atoms with Gasteiger partial charge in [-0.1, -0.05) is 6.92 Å². The summed E-state index contributed by atoms with van der Waals surface area (Å²) in [5, 5.41) is 14.5. The van der Waals surface area contributed by atoms with E-state index < -0.39 is 5.97 Å². The van der Waals surface area contributed by atoms with Gasteiger partial charge in [0, 0.05) is 25.2 Å². The van der Waals surface area contributed by atoms with Crippen LogP contribution in [0.4, 0.5) is 4.79 Å². The van der Waals surface area contributed by atoms with Crippen molar-refractivity contribution in [3.8, 4) is 0 Å². The molecule has 3 atom stereocenters. The normalized spacial score (nSPS) is 24.9. The van der Waals surface area contributed by atoms with E-state index in [9.17, 15) is 9.59 Å². The van der Waals surface area contributed by atoms with E-state index in [0.29, 0.717) is 25.4 Å². The summed E-state index contributed by atoms with van der Waals surface area (Å²) >= 11 is 0. The summed E-state index contributed by atoms with van der Waals surface area (Å²) in [6, 6.07) is 0.583. The van der Waals surface area contributed by atoms with Crippen LogP contribution in [0.15, 0.2) is 0 Å². The van der Waals surface area contributed by atoms with Gasteiger partial charge in [-0.15, -0.1) is 0 Å². The van der Waals surface area contributed by atoms with Gasteiger partial charge in [0.15, 0.2) is 0 Å². The Hall–Kier alpha value is -1.30. The number of carboxylic acid groups (broad SMARTS) is 1. The molecule has 0 bridgehead atoms. The van der Waals surface area contributed by atoms with E-state index in [1.807, 2.05) is 0 Å². The number of urea groups is 1. The number of rotatable bonds is 6. The molecule has 1 heterocycles. The van der Waals surface area contributed by atoms with Gasteiger partial charge in [0.25, 0.3) is 0 Å². The third kappa shape index (κ3) is 5.77. The van der Waals surface area contributed by atoms with Gasteiger partial charge >= 0.3 is 12.0 Å². The van der Waals surface area contributed by atoms with Crippen LogP contribution in [0.2, 0.25) is 0 Å². The number of carboxylic acids is 1. The lowest BCUT2D eigenvalue weighted by atomic mass is 9.99. The van der Waals surface area contributed by atoms with Crippen LogP contribution in [-0.4, -0.2) is 54.2 Å². The molecule has 0 aliphatic carbocycles. The number of nitrogens with zero attached hydrogens (tertiary/aromatic N) is 1. The number of amides is 2. The van der Waals surface area contributed by atoms with Crippen LogP contribution in [-0.2, 0) is 4.79 Å². The number of nitrogens with one attached hydrogen (secondary N) is 2. The highest BCUT2D eigenvalue weighted by atomic mass is 16.4. The number of aliphatic carboxylic acids is 1. The maximum atomic E-state index is 11.7.